The molecule has 3 heteroatoms. The molecule has 0 aromatic heterocycles. The highest BCUT2D eigenvalue weighted by Crippen LogP contribution is 2.23. The number of halogens is 1. The quantitative estimate of drug-likeness (QED) is 0.843. The number of rotatable bonds is 4. The van der Waals surface area contributed by atoms with E-state index in [0.29, 0.717) is 0 Å². The fourth-order valence-electron chi connectivity index (χ4n) is 2.33. The lowest BCUT2D eigenvalue weighted by molar-refractivity contribution is 0.231. The van der Waals surface area contributed by atoms with Crippen LogP contribution in [0.5, 0.6) is 5.75 Å². The van der Waals surface area contributed by atoms with Crippen LogP contribution in [0.15, 0.2) is 22.7 Å². The molecule has 0 bridgehead atoms. The van der Waals surface area contributed by atoms with Crippen LogP contribution in [0.2, 0.25) is 0 Å². The van der Waals surface area contributed by atoms with E-state index < -0.39 is 0 Å². The number of ether oxygens (including phenoxy) is 1. The zero-order valence-electron chi connectivity index (χ0n) is 10.4. The summed E-state index contributed by atoms with van der Waals surface area (Å²) in [5, 5.41) is 0. The Labute approximate surface area is 112 Å². The first-order valence-electron chi connectivity index (χ1n) is 6.34. The minimum absolute atomic E-state index is 0.946. The number of hydrogen-bond acceptors (Lipinski definition) is 2. The molecule has 2 rings (SSSR count). The average Bonchev–Trinajstić information content (AvgIpc) is 2.39. The molecular formula is C14H20BrNO. The largest absolute Gasteiger partial charge is 0.497 e. The second-order valence-corrected chi connectivity index (χ2v) is 5.46. The maximum atomic E-state index is 5.27. The SMILES string of the molecule is COc1ccc(Br)c(CCN2CCCCC2)c1. The normalized spacial score (nSPS) is 17.1. The van der Waals surface area contributed by atoms with Gasteiger partial charge in [-0.1, -0.05) is 22.4 Å². The van der Waals surface area contributed by atoms with Gasteiger partial charge in [0.2, 0.25) is 0 Å². The lowest BCUT2D eigenvalue weighted by atomic mass is 10.1. The highest BCUT2D eigenvalue weighted by molar-refractivity contribution is 9.10. The van der Waals surface area contributed by atoms with Gasteiger partial charge in [0.15, 0.2) is 0 Å². The smallest absolute Gasteiger partial charge is 0.119 e. The predicted molar refractivity (Wildman–Crippen MR) is 74.7 cm³/mol. The Balaban J connectivity index is 1.92. The third-order valence-electron chi connectivity index (χ3n) is 3.40. The Morgan fingerprint density at radius 2 is 2.00 bits per heavy atom. The molecule has 0 saturated carbocycles. The number of likely N-dealkylation sites (tertiary alicyclic amines) is 1. The minimum atomic E-state index is 0.946. The van der Waals surface area contributed by atoms with E-state index in [4.69, 9.17) is 4.74 Å². The number of benzene rings is 1. The van der Waals surface area contributed by atoms with E-state index >= 15 is 0 Å². The summed E-state index contributed by atoms with van der Waals surface area (Å²) in [5.74, 6) is 0.946. The van der Waals surface area contributed by atoms with Gasteiger partial charge in [-0.3, -0.25) is 0 Å². The first-order chi connectivity index (χ1) is 8.29. The topological polar surface area (TPSA) is 12.5 Å². The molecule has 0 atom stereocenters. The van der Waals surface area contributed by atoms with Crippen molar-refractivity contribution in [3.8, 4) is 5.75 Å². The first kappa shape index (κ1) is 12.9. The van der Waals surface area contributed by atoms with E-state index in [1.165, 1.54) is 42.4 Å². The molecule has 0 N–H and O–H groups in total. The van der Waals surface area contributed by atoms with E-state index in [9.17, 15) is 0 Å². The van der Waals surface area contributed by atoms with Crippen LogP contribution in [0.3, 0.4) is 0 Å². The third kappa shape index (κ3) is 3.71. The molecule has 0 radical (unpaired) electrons. The van der Waals surface area contributed by atoms with Gasteiger partial charge >= 0.3 is 0 Å². The van der Waals surface area contributed by atoms with E-state index in [-0.39, 0.29) is 0 Å². The van der Waals surface area contributed by atoms with Crippen molar-refractivity contribution in [2.75, 3.05) is 26.7 Å². The van der Waals surface area contributed by atoms with Gasteiger partial charge in [-0.2, -0.15) is 0 Å². The molecular weight excluding hydrogens is 278 g/mol. The fourth-order valence-corrected chi connectivity index (χ4v) is 2.78. The minimum Gasteiger partial charge on any atom is -0.497 e. The zero-order valence-corrected chi connectivity index (χ0v) is 12.0. The number of hydrogen-bond donors (Lipinski definition) is 0. The molecule has 1 aliphatic heterocycles. The average molecular weight is 298 g/mol. The molecule has 2 nitrogen and oxygen atoms in total. The molecule has 1 fully saturated rings. The Bertz CT molecular complexity index is 361. The fraction of sp³-hybridized carbons (Fsp3) is 0.571. The summed E-state index contributed by atoms with van der Waals surface area (Å²) in [4.78, 5) is 2.56. The highest BCUT2D eigenvalue weighted by Gasteiger charge is 2.10. The van der Waals surface area contributed by atoms with E-state index in [1.54, 1.807) is 7.11 Å². The van der Waals surface area contributed by atoms with Crippen LogP contribution in [0, 0.1) is 0 Å². The highest BCUT2D eigenvalue weighted by atomic mass is 79.9. The number of piperidine rings is 1. The molecule has 0 aliphatic carbocycles. The second kappa shape index (κ2) is 6.41. The summed E-state index contributed by atoms with van der Waals surface area (Å²) >= 11 is 3.61. The van der Waals surface area contributed by atoms with Crippen molar-refractivity contribution in [3.05, 3.63) is 28.2 Å². The Morgan fingerprint density at radius 3 is 2.71 bits per heavy atom. The van der Waals surface area contributed by atoms with Crippen LogP contribution in [-0.2, 0) is 6.42 Å². The molecule has 0 unspecified atom stereocenters. The maximum absolute atomic E-state index is 5.27. The molecule has 1 aliphatic rings. The Kier molecular flexibility index (Phi) is 4.86. The molecule has 17 heavy (non-hydrogen) atoms. The Hall–Kier alpha value is -0.540. The second-order valence-electron chi connectivity index (χ2n) is 4.61. The van der Waals surface area contributed by atoms with Crippen LogP contribution in [0.25, 0.3) is 0 Å². The number of methoxy groups -OCH3 is 1. The number of nitrogens with zero attached hydrogens (tertiary/aromatic N) is 1. The monoisotopic (exact) mass is 297 g/mol. The molecule has 1 heterocycles. The summed E-state index contributed by atoms with van der Waals surface area (Å²) in [6.07, 6.45) is 5.22. The van der Waals surface area contributed by atoms with E-state index in [0.717, 1.165) is 18.7 Å². The summed E-state index contributed by atoms with van der Waals surface area (Å²) in [6, 6.07) is 6.20. The van der Waals surface area contributed by atoms with Gasteiger partial charge in [-0.25, -0.2) is 0 Å². The third-order valence-corrected chi connectivity index (χ3v) is 4.17. The molecule has 1 aromatic carbocycles. The molecule has 0 spiro atoms. The van der Waals surface area contributed by atoms with Crippen molar-refractivity contribution in [1.82, 2.24) is 4.90 Å². The zero-order chi connectivity index (χ0) is 12.1. The van der Waals surface area contributed by atoms with Crippen LogP contribution >= 0.6 is 15.9 Å². The van der Waals surface area contributed by atoms with Gasteiger partial charge in [0.1, 0.15) is 5.75 Å². The van der Waals surface area contributed by atoms with Gasteiger partial charge in [0.05, 0.1) is 7.11 Å². The maximum Gasteiger partial charge on any atom is 0.119 e. The summed E-state index contributed by atoms with van der Waals surface area (Å²) in [5.41, 5.74) is 1.34. The van der Waals surface area contributed by atoms with Crippen molar-refractivity contribution in [2.24, 2.45) is 0 Å². The van der Waals surface area contributed by atoms with Crippen molar-refractivity contribution < 1.29 is 4.74 Å². The Morgan fingerprint density at radius 1 is 1.24 bits per heavy atom. The van der Waals surface area contributed by atoms with Gasteiger partial charge in [-0.05, 0) is 56.1 Å². The summed E-state index contributed by atoms with van der Waals surface area (Å²) in [7, 11) is 1.72. The van der Waals surface area contributed by atoms with E-state index in [2.05, 4.69) is 33.0 Å². The van der Waals surface area contributed by atoms with Crippen molar-refractivity contribution in [2.45, 2.75) is 25.7 Å². The van der Waals surface area contributed by atoms with E-state index in [1.807, 2.05) is 6.07 Å². The summed E-state index contributed by atoms with van der Waals surface area (Å²) < 4.78 is 6.46. The predicted octanol–water partition coefficient (Wildman–Crippen LogP) is 3.49. The van der Waals surface area contributed by atoms with Crippen LogP contribution in [0.1, 0.15) is 24.8 Å². The van der Waals surface area contributed by atoms with Gasteiger partial charge < -0.3 is 9.64 Å². The molecule has 0 amide bonds. The van der Waals surface area contributed by atoms with Gasteiger partial charge in [0.25, 0.3) is 0 Å². The lowest BCUT2D eigenvalue weighted by Crippen LogP contribution is -2.31. The van der Waals surface area contributed by atoms with Gasteiger partial charge in [-0.15, -0.1) is 0 Å². The molecule has 94 valence electrons. The van der Waals surface area contributed by atoms with Crippen LogP contribution < -0.4 is 4.74 Å². The summed E-state index contributed by atoms with van der Waals surface area (Å²) in [6.45, 7) is 3.69. The van der Waals surface area contributed by atoms with Gasteiger partial charge in [0, 0.05) is 11.0 Å². The van der Waals surface area contributed by atoms with Crippen molar-refractivity contribution in [1.29, 1.82) is 0 Å². The lowest BCUT2D eigenvalue weighted by Gasteiger charge is -2.26. The van der Waals surface area contributed by atoms with Crippen LogP contribution in [-0.4, -0.2) is 31.6 Å². The first-order valence-corrected chi connectivity index (χ1v) is 7.13. The molecule has 1 saturated heterocycles. The van der Waals surface area contributed by atoms with Crippen molar-refractivity contribution in [3.63, 3.8) is 0 Å². The van der Waals surface area contributed by atoms with Crippen LogP contribution in [0.4, 0.5) is 0 Å². The molecule has 1 aromatic rings. The standard InChI is InChI=1S/C14H20BrNO/c1-17-13-5-6-14(15)12(11-13)7-10-16-8-3-2-4-9-16/h5-6,11H,2-4,7-10H2,1H3. The van der Waals surface area contributed by atoms with Crippen molar-refractivity contribution >= 4 is 15.9 Å².